The van der Waals surface area contributed by atoms with E-state index in [-0.39, 0.29) is 6.10 Å². The van der Waals surface area contributed by atoms with Gasteiger partial charge in [0, 0.05) is 17.8 Å². The van der Waals surface area contributed by atoms with E-state index in [1.54, 1.807) is 0 Å². The number of hydrogen-bond acceptors (Lipinski definition) is 2. The van der Waals surface area contributed by atoms with Gasteiger partial charge in [0.1, 0.15) is 0 Å². The monoisotopic (exact) mass is 271 g/mol. The third-order valence-corrected chi connectivity index (χ3v) is 6.13. The third kappa shape index (κ3) is 2.18. The van der Waals surface area contributed by atoms with Crippen molar-refractivity contribution in [2.75, 3.05) is 0 Å². The number of aliphatic hydroxyl groups is 1. The number of nitrogens with zero attached hydrogens (tertiary/aromatic N) is 1. The van der Waals surface area contributed by atoms with E-state index >= 15 is 0 Å². The Hall–Kier alpha value is -0.890. The number of fused-ring (bicyclic) bond motifs is 3. The van der Waals surface area contributed by atoms with Crippen LogP contribution in [0.1, 0.15) is 62.1 Å². The van der Waals surface area contributed by atoms with E-state index in [0.29, 0.717) is 5.92 Å². The topological polar surface area (TPSA) is 33.1 Å². The first-order valence-electron chi connectivity index (χ1n) is 8.43. The molecule has 1 heterocycles. The zero-order valence-corrected chi connectivity index (χ0v) is 12.2. The lowest BCUT2D eigenvalue weighted by Gasteiger charge is -2.31. The molecule has 0 aromatic carbocycles. The molecule has 1 aromatic rings. The Balaban J connectivity index is 1.48. The maximum Gasteiger partial charge on any atom is 0.0626 e. The fourth-order valence-corrected chi connectivity index (χ4v) is 5.16. The summed E-state index contributed by atoms with van der Waals surface area (Å²) in [6.07, 6.45) is 11.9. The number of rotatable bonds is 3. The molecule has 0 radical (unpaired) electrons. The molecule has 5 atom stereocenters. The molecule has 1 aromatic heterocycles. The Kier molecular flexibility index (Phi) is 3.30. The minimum absolute atomic E-state index is 0.173. The van der Waals surface area contributed by atoms with E-state index in [1.165, 1.54) is 43.4 Å². The zero-order chi connectivity index (χ0) is 13.5. The van der Waals surface area contributed by atoms with E-state index in [1.807, 2.05) is 12.3 Å². The van der Waals surface area contributed by atoms with Crippen LogP contribution in [0.4, 0.5) is 0 Å². The molecule has 3 aliphatic rings. The van der Waals surface area contributed by atoms with Gasteiger partial charge >= 0.3 is 0 Å². The average molecular weight is 271 g/mol. The molecule has 4 rings (SSSR count). The Morgan fingerprint density at radius 1 is 1.25 bits per heavy atom. The molecule has 3 aliphatic carbocycles. The van der Waals surface area contributed by atoms with E-state index < -0.39 is 0 Å². The Morgan fingerprint density at radius 2 is 2.20 bits per heavy atom. The largest absolute Gasteiger partial charge is 0.392 e. The molecule has 0 spiro atoms. The number of aliphatic hydroxyl groups excluding tert-OH is 1. The molecule has 0 saturated heterocycles. The van der Waals surface area contributed by atoms with Crippen LogP contribution in [0.5, 0.6) is 0 Å². The zero-order valence-electron chi connectivity index (χ0n) is 12.2. The normalized spacial score (nSPS) is 36.9. The van der Waals surface area contributed by atoms with Crippen LogP contribution < -0.4 is 0 Å². The van der Waals surface area contributed by atoms with Crippen molar-refractivity contribution < 1.29 is 5.11 Å². The van der Waals surface area contributed by atoms with E-state index in [9.17, 15) is 5.11 Å². The summed E-state index contributed by atoms with van der Waals surface area (Å²) in [6.45, 7) is 0. The third-order valence-electron chi connectivity index (χ3n) is 6.13. The van der Waals surface area contributed by atoms with Crippen LogP contribution in [0.15, 0.2) is 18.3 Å². The van der Waals surface area contributed by atoms with Crippen LogP contribution in [0.2, 0.25) is 0 Å². The quantitative estimate of drug-likeness (QED) is 0.909. The van der Waals surface area contributed by atoms with Crippen molar-refractivity contribution in [2.45, 2.75) is 63.4 Å². The molecule has 0 amide bonds. The highest BCUT2D eigenvalue weighted by atomic mass is 16.3. The van der Waals surface area contributed by atoms with Crippen molar-refractivity contribution in [2.24, 2.45) is 17.8 Å². The first kappa shape index (κ1) is 12.8. The predicted octanol–water partition coefficient (Wildman–Crippen LogP) is 3.69. The van der Waals surface area contributed by atoms with Gasteiger partial charge in [-0.25, -0.2) is 0 Å². The van der Waals surface area contributed by atoms with Crippen molar-refractivity contribution in [3.8, 4) is 0 Å². The summed E-state index contributed by atoms with van der Waals surface area (Å²) in [5.74, 6) is 2.98. The highest BCUT2D eigenvalue weighted by Crippen LogP contribution is 2.50. The second-order valence-electron chi connectivity index (χ2n) is 7.28. The fourth-order valence-electron chi connectivity index (χ4n) is 5.16. The van der Waals surface area contributed by atoms with Gasteiger partial charge < -0.3 is 5.11 Å². The summed E-state index contributed by atoms with van der Waals surface area (Å²) < 4.78 is 0. The molecule has 2 heteroatoms. The highest BCUT2D eigenvalue weighted by molar-refractivity contribution is 5.27. The maximum absolute atomic E-state index is 10.8. The van der Waals surface area contributed by atoms with E-state index in [2.05, 4.69) is 11.1 Å². The van der Waals surface area contributed by atoms with Gasteiger partial charge in [0.2, 0.25) is 0 Å². The molecule has 5 unspecified atom stereocenters. The minimum Gasteiger partial charge on any atom is -0.392 e. The lowest BCUT2D eigenvalue weighted by atomic mass is 9.77. The lowest BCUT2D eigenvalue weighted by Crippen LogP contribution is -2.27. The SMILES string of the molecule is OC(CC1CC2CCC1C2)C1CCCc2cccnc21. The van der Waals surface area contributed by atoms with E-state index in [4.69, 9.17) is 0 Å². The average Bonchev–Trinajstić information content (AvgIpc) is 3.09. The van der Waals surface area contributed by atoms with Crippen LogP contribution in [-0.2, 0) is 6.42 Å². The highest BCUT2D eigenvalue weighted by Gasteiger charge is 2.41. The molecule has 108 valence electrons. The molecular formula is C18H25NO. The number of hydrogen-bond donors (Lipinski definition) is 1. The molecule has 2 nitrogen and oxygen atoms in total. The summed E-state index contributed by atoms with van der Waals surface area (Å²) >= 11 is 0. The van der Waals surface area contributed by atoms with Gasteiger partial charge in [-0.15, -0.1) is 0 Å². The van der Waals surface area contributed by atoms with Crippen molar-refractivity contribution in [1.29, 1.82) is 0 Å². The summed E-state index contributed by atoms with van der Waals surface area (Å²) in [6, 6.07) is 4.22. The van der Waals surface area contributed by atoms with Gasteiger partial charge in [0.05, 0.1) is 6.10 Å². The second kappa shape index (κ2) is 5.14. The first-order valence-corrected chi connectivity index (χ1v) is 8.43. The standard InChI is InChI=1S/C18H25NO/c20-17(11-15-10-12-6-7-14(15)9-12)16-5-1-3-13-4-2-8-19-18(13)16/h2,4,8,12,14-17,20H,1,3,5-7,9-11H2. The fraction of sp³-hybridized carbons (Fsp3) is 0.722. The number of aromatic nitrogens is 1. The van der Waals surface area contributed by atoms with Crippen molar-refractivity contribution in [3.63, 3.8) is 0 Å². The van der Waals surface area contributed by atoms with Gasteiger partial charge in [-0.05, 0) is 74.3 Å². The van der Waals surface area contributed by atoms with Crippen molar-refractivity contribution >= 4 is 0 Å². The number of aryl methyl sites for hydroxylation is 1. The predicted molar refractivity (Wildman–Crippen MR) is 79.5 cm³/mol. The van der Waals surface area contributed by atoms with Gasteiger partial charge in [0.25, 0.3) is 0 Å². The molecule has 2 fully saturated rings. The Labute approximate surface area is 121 Å². The van der Waals surface area contributed by atoms with Gasteiger partial charge in [0.15, 0.2) is 0 Å². The smallest absolute Gasteiger partial charge is 0.0626 e. The minimum atomic E-state index is -0.173. The molecule has 0 aliphatic heterocycles. The molecule has 2 saturated carbocycles. The lowest BCUT2D eigenvalue weighted by molar-refractivity contribution is 0.0912. The number of pyridine rings is 1. The van der Waals surface area contributed by atoms with Crippen LogP contribution in [0, 0.1) is 17.8 Å². The maximum atomic E-state index is 10.8. The molecule has 2 bridgehead atoms. The summed E-state index contributed by atoms with van der Waals surface area (Å²) in [7, 11) is 0. The van der Waals surface area contributed by atoms with E-state index in [0.717, 1.165) is 37.0 Å². The molecule has 1 N–H and O–H groups in total. The summed E-state index contributed by atoms with van der Waals surface area (Å²) in [5.41, 5.74) is 2.56. The van der Waals surface area contributed by atoms with Gasteiger partial charge in [-0.3, -0.25) is 4.98 Å². The molecular weight excluding hydrogens is 246 g/mol. The van der Waals surface area contributed by atoms with Crippen LogP contribution >= 0.6 is 0 Å². The van der Waals surface area contributed by atoms with Gasteiger partial charge in [-0.1, -0.05) is 12.5 Å². The first-order chi connectivity index (χ1) is 9.81. The van der Waals surface area contributed by atoms with Crippen LogP contribution in [0.25, 0.3) is 0 Å². The van der Waals surface area contributed by atoms with Crippen LogP contribution in [-0.4, -0.2) is 16.2 Å². The second-order valence-corrected chi connectivity index (χ2v) is 7.28. The summed E-state index contributed by atoms with van der Waals surface area (Å²) in [5, 5.41) is 10.8. The van der Waals surface area contributed by atoms with Crippen LogP contribution in [0.3, 0.4) is 0 Å². The Bertz CT molecular complexity index is 486. The van der Waals surface area contributed by atoms with Crippen molar-refractivity contribution in [1.82, 2.24) is 4.98 Å². The Morgan fingerprint density at radius 3 is 3.00 bits per heavy atom. The van der Waals surface area contributed by atoms with Crippen molar-refractivity contribution in [3.05, 3.63) is 29.6 Å². The van der Waals surface area contributed by atoms with Gasteiger partial charge in [-0.2, -0.15) is 0 Å². The summed E-state index contributed by atoms with van der Waals surface area (Å²) in [4.78, 5) is 4.58. The molecule has 20 heavy (non-hydrogen) atoms.